The molecule has 0 spiro atoms. The molecule has 0 saturated carbocycles. The fraction of sp³-hybridized carbons (Fsp3) is 0.500. The summed E-state index contributed by atoms with van der Waals surface area (Å²) in [6, 6.07) is 8.43. The van der Waals surface area contributed by atoms with Gasteiger partial charge in [-0.3, -0.25) is 4.90 Å². The van der Waals surface area contributed by atoms with Crippen LogP contribution in [0.1, 0.15) is 29.3 Å². The van der Waals surface area contributed by atoms with E-state index in [1.807, 2.05) is 0 Å². The number of nitrogens with one attached hydrogen (secondary N) is 1. The van der Waals surface area contributed by atoms with E-state index in [0.717, 1.165) is 50.9 Å². The van der Waals surface area contributed by atoms with Gasteiger partial charge < -0.3 is 9.84 Å². The Morgan fingerprint density at radius 2 is 2.24 bits per heavy atom. The van der Waals surface area contributed by atoms with Crippen LogP contribution in [0.4, 0.5) is 0 Å². The monoisotopic (exact) mass is 286 g/mol. The Balaban J connectivity index is 1.60. The van der Waals surface area contributed by atoms with Gasteiger partial charge >= 0.3 is 0 Å². The minimum Gasteiger partial charge on any atom is -0.338 e. The van der Waals surface area contributed by atoms with Crippen LogP contribution in [0.3, 0.4) is 0 Å². The van der Waals surface area contributed by atoms with Crippen LogP contribution in [0, 0.1) is 6.92 Å². The molecular weight excluding hydrogens is 264 g/mol. The number of hydrogen-bond donors (Lipinski definition) is 1. The van der Waals surface area contributed by atoms with Crippen molar-refractivity contribution in [1.29, 1.82) is 0 Å². The van der Waals surface area contributed by atoms with Gasteiger partial charge in [0, 0.05) is 19.5 Å². The fourth-order valence-electron chi connectivity index (χ4n) is 2.68. The number of benzene rings is 1. The molecular formula is C16H22N4O. The highest BCUT2D eigenvalue weighted by molar-refractivity contribution is 5.24. The van der Waals surface area contributed by atoms with Gasteiger partial charge in [0.15, 0.2) is 5.82 Å². The van der Waals surface area contributed by atoms with E-state index in [4.69, 9.17) is 4.52 Å². The molecule has 0 bridgehead atoms. The molecule has 1 fully saturated rings. The Kier molecular flexibility index (Phi) is 4.62. The van der Waals surface area contributed by atoms with Gasteiger partial charge in [-0.15, -0.1) is 0 Å². The average Bonchev–Trinajstić information content (AvgIpc) is 2.73. The van der Waals surface area contributed by atoms with E-state index in [1.165, 1.54) is 17.5 Å². The van der Waals surface area contributed by atoms with E-state index < -0.39 is 0 Å². The summed E-state index contributed by atoms with van der Waals surface area (Å²) in [4.78, 5) is 6.89. The molecule has 1 aromatic heterocycles. The van der Waals surface area contributed by atoms with Crippen LogP contribution in [0.25, 0.3) is 0 Å². The minimum absolute atomic E-state index is 0.722. The van der Waals surface area contributed by atoms with E-state index in [-0.39, 0.29) is 0 Å². The summed E-state index contributed by atoms with van der Waals surface area (Å²) in [5.74, 6) is 1.49. The molecule has 2 heterocycles. The smallest absolute Gasteiger partial charge is 0.240 e. The topological polar surface area (TPSA) is 54.2 Å². The molecule has 21 heavy (non-hydrogen) atoms. The zero-order valence-electron chi connectivity index (χ0n) is 12.5. The summed E-state index contributed by atoms with van der Waals surface area (Å²) in [6.45, 7) is 7.10. The highest BCUT2D eigenvalue weighted by Crippen LogP contribution is 2.10. The Labute approximate surface area is 125 Å². The summed E-state index contributed by atoms with van der Waals surface area (Å²) >= 11 is 0. The van der Waals surface area contributed by atoms with Crippen LogP contribution >= 0.6 is 0 Å². The highest BCUT2D eigenvalue weighted by atomic mass is 16.5. The lowest BCUT2D eigenvalue weighted by Crippen LogP contribution is -2.27. The van der Waals surface area contributed by atoms with Crippen molar-refractivity contribution in [1.82, 2.24) is 20.4 Å². The first-order valence-electron chi connectivity index (χ1n) is 7.60. The lowest BCUT2D eigenvalue weighted by atomic mass is 10.1. The Morgan fingerprint density at radius 3 is 3.14 bits per heavy atom. The van der Waals surface area contributed by atoms with Gasteiger partial charge in [0.25, 0.3) is 0 Å². The quantitative estimate of drug-likeness (QED) is 0.928. The van der Waals surface area contributed by atoms with E-state index in [0.29, 0.717) is 0 Å². The molecule has 1 N–H and O–H groups in total. The molecule has 0 radical (unpaired) electrons. The van der Waals surface area contributed by atoms with E-state index in [1.54, 1.807) is 0 Å². The minimum atomic E-state index is 0.722. The number of nitrogens with zero attached hydrogens (tertiary/aromatic N) is 3. The number of hydrogen-bond acceptors (Lipinski definition) is 5. The van der Waals surface area contributed by atoms with Gasteiger partial charge in [0.2, 0.25) is 5.89 Å². The third-order valence-corrected chi connectivity index (χ3v) is 3.75. The summed E-state index contributed by atoms with van der Waals surface area (Å²) < 4.78 is 5.39. The van der Waals surface area contributed by atoms with E-state index in [9.17, 15) is 0 Å². The van der Waals surface area contributed by atoms with Crippen molar-refractivity contribution in [2.45, 2.75) is 26.3 Å². The third-order valence-electron chi connectivity index (χ3n) is 3.75. The first-order valence-corrected chi connectivity index (χ1v) is 7.60. The van der Waals surface area contributed by atoms with E-state index >= 15 is 0 Å². The number of aromatic nitrogens is 2. The first kappa shape index (κ1) is 14.2. The maximum absolute atomic E-state index is 5.39. The molecule has 1 saturated heterocycles. The molecule has 3 rings (SSSR count). The lowest BCUT2D eigenvalue weighted by molar-refractivity contribution is 0.238. The van der Waals surface area contributed by atoms with Crippen LogP contribution < -0.4 is 5.32 Å². The Bertz CT molecular complexity index is 573. The summed E-state index contributed by atoms with van der Waals surface area (Å²) in [7, 11) is 0. The SMILES string of the molecule is Cc1cccc(Cc2noc(CN3CCCNCC3)n2)c1. The molecule has 112 valence electrons. The van der Waals surface area contributed by atoms with Gasteiger partial charge in [0.1, 0.15) is 0 Å². The maximum atomic E-state index is 5.39. The van der Waals surface area contributed by atoms with Crippen LogP contribution in [-0.4, -0.2) is 41.2 Å². The highest BCUT2D eigenvalue weighted by Gasteiger charge is 2.13. The summed E-state index contributed by atoms with van der Waals surface area (Å²) in [5, 5.41) is 7.50. The van der Waals surface area contributed by atoms with Crippen LogP contribution in [0.2, 0.25) is 0 Å². The molecule has 1 aromatic carbocycles. The molecule has 5 nitrogen and oxygen atoms in total. The maximum Gasteiger partial charge on any atom is 0.240 e. The van der Waals surface area contributed by atoms with Crippen LogP contribution in [-0.2, 0) is 13.0 Å². The zero-order valence-corrected chi connectivity index (χ0v) is 12.5. The summed E-state index contributed by atoms with van der Waals surface area (Å²) in [6.07, 6.45) is 1.90. The molecule has 0 atom stereocenters. The molecule has 0 aliphatic carbocycles. The van der Waals surface area contributed by atoms with Crippen molar-refractivity contribution >= 4 is 0 Å². The summed E-state index contributed by atoms with van der Waals surface area (Å²) in [5.41, 5.74) is 2.48. The van der Waals surface area contributed by atoms with Gasteiger partial charge in [-0.05, 0) is 32.0 Å². The Hall–Kier alpha value is -1.72. The van der Waals surface area contributed by atoms with Crippen molar-refractivity contribution in [2.75, 3.05) is 26.2 Å². The fourth-order valence-corrected chi connectivity index (χ4v) is 2.68. The van der Waals surface area contributed by atoms with Crippen LogP contribution in [0.15, 0.2) is 28.8 Å². The average molecular weight is 286 g/mol. The molecule has 2 aromatic rings. The standard InChI is InChI=1S/C16H22N4O/c1-13-4-2-5-14(10-13)11-15-18-16(21-19-15)12-20-8-3-6-17-7-9-20/h2,4-5,10,17H,3,6-9,11-12H2,1H3. The molecule has 1 aliphatic heterocycles. The van der Waals surface area contributed by atoms with Gasteiger partial charge in [-0.25, -0.2) is 0 Å². The second-order valence-corrected chi connectivity index (χ2v) is 5.65. The lowest BCUT2D eigenvalue weighted by Gasteiger charge is -2.16. The Morgan fingerprint density at radius 1 is 1.29 bits per heavy atom. The van der Waals surface area contributed by atoms with Crippen LogP contribution in [0.5, 0.6) is 0 Å². The molecule has 1 aliphatic rings. The van der Waals surface area contributed by atoms with Gasteiger partial charge in [0.05, 0.1) is 6.54 Å². The number of rotatable bonds is 4. The number of aryl methyl sites for hydroxylation is 1. The first-order chi connectivity index (χ1) is 10.3. The second-order valence-electron chi connectivity index (χ2n) is 5.65. The third kappa shape index (κ3) is 4.12. The largest absolute Gasteiger partial charge is 0.338 e. The van der Waals surface area contributed by atoms with Crippen molar-refractivity contribution in [2.24, 2.45) is 0 Å². The van der Waals surface area contributed by atoms with Crippen molar-refractivity contribution in [3.05, 3.63) is 47.1 Å². The zero-order chi connectivity index (χ0) is 14.5. The second kappa shape index (κ2) is 6.83. The van der Waals surface area contributed by atoms with Gasteiger partial charge in [-0.1, -0.05) is 35.0 Å². The normalized spacial score (nSPS) is 16.8. The predicted octanol–water partition coefficient (Wildman–Crippen LogP) is 1.76. The molecule has 5 heteroatoms. The van der Waals surface area contributed by atoms with Crippen molar-refractivity contribution in [3.63, 3.8) is 0 Å². The van der Waals surface area contributed by atoms with E-state index in [2.05, 4.69) is 51.5 Å². The molecule has 0 amide bonds. The van der Waals surface area contributed by atoms with Gasteiger partial charge in [-0.2, -0.15) is 4.98 Å². The van der Waals surface area contributed by atoms with Crippen molar-refractivity contribution < 1.29 is 4.52 Å². The molecule has 0 unspecified atom stereocenters. The predicted molar refractivity (Wildman–Crippen MR) is 81.0 cm³/mol. The van der Waals surface area contributed by atoms with Crippen molar-refractivity contribution in [3.8, 4) is 0 Å².